The van der Waals surface area contributed by atoms with Gasteiger partial charge in [0.15, 0.2) is 0 Å². The van der Waals surface area contributed by atoms with E-state index in [1.54, 1.807) is 7.05 Å². The Hall–Kier alpha value is -2.31. The van der Waals surface area contributed by atoms with Crippen molar-refractivity contribution in [1.29, 1.82) is 0 Å². The lowest BCUT2D eigenvalue weighted by Crippen LogP contribution is -2.22. The Bertz CT molecular complexity index is 953. The highest BCUT2D eigenvalue weighted by Gasteiger charge is 2.28. The summed E-state index contributed by atoms with van der Waals surface area (Å²) in [6, 6.07) is 14.0. The van der Waals surface area contributed by atoms with E-state index in [0.29, 0.717) is 28.4 Å². The number of amides is 1. The van der Waals surface area contributed by atoms with E-state index in [4.69, 9.17) is 21.7 Å². The van der Waals surface area contributed by atoms with Crippen LogP contribution >= 0.6 is 24.0 Å². The zero-order valence-electron chi connectivity index (χ0n) is 17.1. The Morgan fingerprint density at radius 2 is 1.90 bits per heavy atom. The van der Waals surface area contributed by atoms with Crippen LogP contribution in [0.2, 0.25) is 0 Å². The topological polar surface area (TPSA) is 38.8 Å². The molecule has 1 aliphatic heterocycles. The molecule has 152 valence electrons. The smallest absolute Gasteiger partial charge is 0.265 e. The molecule has 0 N–H and O–H groups in total. The summed E-state index contributed by atoms with van der Waals surface area (Å²) in [7, 11) is 1.69. The minimum absolute atomic E-state index is 0.0705. The van der Waals surface area contributed by atoms with Gasteiger partial charge in [-0.1, -0.05) is 62.1 Å². The van der Waals surface area contributed by atoms with Crippen LogP contribution in [0.1, 0.15) is 36.5 Å². The number of carbonyl (C=O) groups excluding carboxylic acids is 1. The Labute approximate surface area is 181 Å². The highest BCUT2D eigenvalue weighted by molar-refractivity contribution is 8.26. The number of aryl methyl sites for hydroxylation is 1. The summed E-state index contributed by atoms with van der Waals surface area (Å²) in [5, 5.41) is 0. The van der Waals surface area contributed by atoms with E-state index in [2.05, 4.69) is 39.0 Å². The third-order valence-corrected chi connectivity index (χ3v) is 6.03. The maximum Gasteiger partial charge on any atom is 0.265 e. The summed E-state index contributed by atoms with van der Waals surface area (Å²) in [5.74, 6) is 1.99. The second-order valence-electron chi connectivity index (χ2n) is 7.21. The maximum atomic E-state index is 12.2. The molecule has 1 fully saturated rings. The fourth-order valence-electron chi connectivity index (χ4n) is 2.95. The van der Waals surface area contributed by atoms with Gasteiger partial charge < -0.3 is 9.47 Å². The van der Waals surface area contributed by atoms with Gasteiger partial charge in [0.1, 0.15) is 29.0 Å². The van der Waals surface area contributed by atoms with Crippen LogP contribution in [-0.2, 0) is 4.79 Å². The number of nitrogens with zero attached hydrogens (tertiary/aromatic N) is 1. The monoisotopic (exact) mass is 427 g/mol. The Morgan fingerprint density at radius 1 is 1.14 bits per heavy atom. The quantitative estimate of drug-likeness (QED) is 0.336. The number of thiocarbonyl (C=S) groups is 1. The van der Waals surface area contributed by atoms with Gasteiger partial charge in [0.2, 0.25) is 0 Å². The first-order chi connectivity index (χ1) is 13.8. The predicted molar refractivity (Wildman–Crippen MR) is 124 cm³/mol. The molecule has 0 unspecified atom stereocenters. The van der Waals surface area contributed by atoms with Crippen LogP contribution < -0.4 is 9.47 Å². The molecule has 0 spiro atoms. The first kappa shape index (κ1) is 21.4. The maximum absolute atomic E-state index is 12.2. The van der Waals surface area contributed by atoms with E-state index in [1.165, 1.54) is 27.8 Å². The normalized spacial score (nSPS) is 15.5. The highest BCUT2D eigenvalue weighted by atomic mass is 32.2. The number of carbonyl (C=O) groups is 1. The lowest BCUT2D eigenvalue weighted by atomic mass is 10.0. The van der Waals surface area contributed by atoms with Crippen LogP contribution in [0.4, 0.5) is 0 Å². The van der Waals surface area contributed by atoms with E-state index >= 15 is 0 Å². The van der Waals surface area contributed by atoms with Crippen LogP contribution in [0.25, 0.3) is 6.08 Å². The third-order valence-electron chi connectivity index (χ3n) is 4.54. The molecule has 0 radical (unpaired) electrons. The highest BCUT2D eigenvalue weighted by Crippen LogP contribution is 2.32. The van der Waals surface area contributed by atoms with Gasteiger partial charge in [-0.2, -0.15) is 0 Å². The number of ether oxygens (including phenoxy) is 2. The van der Waals surface area contributed by atoms with Gasteiger partial charge in [0.05, 0.1) is 4.91 Å². The number of likely N-dealkylation sites (N-methyl/N-ethyl adjacent to an activating group) is 1. The number of thioether (sulfide) groups is 1. The van der Waals surface area contributed by atoms with Crippen LogP contribution in [0.3, 0.4) is 0 Å². The standard InChI is InChI=1S/C23H25NO3S2/c1-15(2)19-9-8-16(3)12-20(19)27-11-10-26-18-7-5-6-17(13-18)14-21-22(25)24(4)23(28)29-21/h5-9,12-15H,10-11H2,1-4H3/b21-14+. The summed E-state index contributed by atoms with van der Waals surface area (Å²) in [6.07, 6.45) is 1.84. The Kier molecular flexibility index (Phi) is 6.98. The minimum Gasteiger partial charge on any atom is -0.490 e. The molecule has 3 rings (SSSR count). The van der Waals surface area contributed by atoms with E-state index in [1.807, 2.05) is 30.3 Å². The van der Waals surface area contributed by atoms with Crippen molar-refractivity contribution in [2.45, 2.75) is 26.7 Å². The second-order valence-corrected chi connectivity index (χ2v) is 8.88. The Balaban J connectivity index is 1.59. The average Bonchev–Trinajstić information content (AvgIpc) is 2.92. The lowest BCUT2D eigenvalue weighted by Gasteiger charge is -2.15. The van der Waals surface area contributed by atoms with Gasteiger partial charge in [-0.15, -0.1) is 0 Å². The number of hydrogen-bond donors (Lipinski definition) is 0. The SMILES string of the molecule is Cc1ccc(C(C)C)c(OCCOc2cccc(/C=C3/SC(=S)N(C)C3=O)c2)c1. The van der Waals surface area contributed by atoms with Crippen molar-refractivity contribution < 1.29 is 14.3 Å². The van der Waals surface area contributed by atoms with E-state index in [-0.39, 0.29) is 5.91 Å². The molecule has 2 aromatic carbocycles. The lowest BCUT2D eigenvalue weighted by molar-refractivity contribution is -0.121. The molecule has 4 nitrogen and oxygen atoms in total. The minimum atomic E-state index is -0.0705. The first-order valence-electron chi connectivity index (χ1n) is 9.53. The molecule has 0 saturated carbocycles. The molecule has 0 aliphatic carbocycles. The zero-order chi connectivity index (χ0) is 21.0. The van der Waals surface area contributed by atoms with Crippen LogP contribution in [0, 0.1) is 6.92 Å². The molecule has 1 heterocycles. The molecule has 6 heteroatoms. The first-order valence-corrected chi connectivity index (χ1v) is 10.8. The molecular weight excluding hydrogens is 402 g/mol. The van der Waals surface area contributed by atoms with Crippen molar-refractivity contribution in [2.75, 3.05) is 20.3 Å². The third kappa shape index (κ3) is 5.40. The fraction of sp³-hybridized carbons (Fsp3) is 0.304. The number of hydrogen-bond acceptors (Lipinski definition) is 5. The second kappa shape index (κ2) is 9.46. The molecular formula is C23H25NO3S2. The van der Waals surface area contributed by atoms with Crippen molar-refractivity contribution in [3.05, 3.63) is 64.1 Å². The van der Waals surface area contributed by atoms with E-state index < -0.39 is 0 Å². The summed E-state index contributed by atoms with van der Waals surface area (Å²) < 4.78 is 12.4. The molecule has 0 bridgehead atoms. The van der Waals surface area contributed by atoms with Gasteiger partial charge in [-0.25, -0.2) is 0 Å². The van der Waals surface area contributed by atoms with Crippen molar-refractivity contribution in [3.8, 4) is 11.5 Å². The van der Waals surface area contributed by atoms with Crippen molar-refractivity contribution >= 4 is 40.3 Å². The number of rotatable bonds is 7. The largest absolute Gasteiger partial charge is 0.490 e. The summed E-state index contributed by atoms with van der Waals surface area (Å²) in [6.45, 7) is 7.27. The average molecular weight is 428 g/mol. The van der Waals surface area contributed by atoms with Gasteiger partial charge >= 0.3 is 0 Å². The fourth-order valence-corrected chi connectivity index (χ4v) is 4.13. The van der Waals surface area contributed by atoms with Crippen molar-refractivity contribution in [3.63, 3.8) is 0 Å². The summed E-state index contributed by atoms with van der Waals surface area (Å²) in [5.41, 5.74) is 3.28. The summed E-state index contributed by atoms with van der Waals surface area (Å²) >= 11 is 6.48. The predicted octanol–water partition coefficient (Wildman–Crippen LogP) is 5.41. The van der Waals surface area contributed by atoms with Gasteiger partial charge in [0.25, 0.3) is 5.91 Å². The molecule has 0 atom stereocenters. The number of benzene rings is 2. The molecule has 1 saturated heterocycles. The Morgan fingerprint density at radius 3 is 2.59 bits per heavy atom. The molecule has 0 aromatic heterocycles. The van der Waals surface area contributed by atoms with Gasteiger partial charge in [-0.05, 0) is 53.8 Å². The van der Waals surface area contributed by atoms with E-state index in [0.717, 1.165) is 17.1 Å². The molecule has 1 aliphatic rings. The molecule has 1 amide bonds. The van der Waals surface area contributed by atoms with Gasteiger partial charge in [-0.3, -0.25) is 9.69 Å². The van der Waals surface area contributed by atoms with Crippen LogP contribution in [-0.4, -0.2) is 35.4 Å². The van der Waals surface area contributed by atoms with Crippen LogP contribution in [0.15, 0.2) is 47.4 Å². The molecule has 2 aromatic rings. The van der Waals surface area contributed by atoms with E-state index in [9.17, 15) is 4.79 Å². The van der Waals surface area contributed by atoms with Crippen molar-refractivity contribution in [2.24, 2.45) is 0 Å². The zero-order valence-corrected chi connectivity index (χ0v) is 18.7. The molecule has 29 heavy (non-hydrogen) atoms. The van der Waals surface area contributed by atoms with Crippen molar-refractivity contribution in [1.82, 2.24) is 4.90 Å². The van der Waals surface area contributed by atoms with Gasteiger partial charge in [0, 0.05) is 7.05 Å². The summed E-state index contributed by atoms with van der Waals surface area (Å²) in [4.78, 5) is 14.3. The van der Waals surface area contributed by atoms with Crippen LogP contribution in [0.5, 0.6) is 11.5 Å².